The quantitative estimate of drug-likeness (QED) is 0.663. The lowest BCUT2D eigenvalue weighted by atomic mass is 10.1. The fourth-order valence-electron chi connectivity index (χ4n) is 3.30. The van der Waals surface area contributed by atoms with E-state index < -0.39 is 17.2 Å². The molecule has 5 nitrogen and oxygen atoms in total. The molecule has 0 aliphatic heterocycles. The summed E-state index contributed by atoms with van der Waals surface area (Å²) in [7, 11) is 1.79. The number of fused-ring (bicyclic) bond motifs is 1. The first-order valence-corrected chi connectivity index (χ1v) is 9.27. The van der Waals surface area contributed by atoms with E-state index in [-0.39, 0.29) is 10.9 Å². The molecular weight excluding hydrogens is 359 g/mol. The predicted molar refractivity (Wildman–Crippen MR) is 109 cm³/mol. The number of carboxylic acids is 1. The summed E-state index contributed by atoms with van der Waals surface area (Å²) in [6.07, 6.45) is 3.10. The monoisotopic (exact) mass is 382 g/mol. The molecule has 28 heavy (non-hydrogen) atoms. The topological polar surface area (TPSA) is 62.5 Å². The van der Waals surface area contributed by atoms with Crippen LogP contribution in [-0.4, -0.2) is 22.7 Å². The molecule has 0 aliphatic rings. The van der Waals surface area contributed by atoms with Gasteiger partial charge in [-0.05, 0) is 24.1 Å². The molecule has 146 valence electrons. The molecule has 0 saturated carbocycles. The zero-order chi connectivity index (χ0) is 20.3. The van der Waals surface area contributed by atoms with E-state index in [4.69, 9.17) is 0 Å². The van der Waals surface area contributed by atoms with E-state index in [2.05, 4.69) is 0 Å². The third-order valence-corrected chi connectivity index (χ3v) is 4.81. The Hall–Kier alpha value is -3.15. The van der Waals surface area contributed by atoms with E-state index >= 15 is 0 Å². The van der Waals surface area contributed by atoms with E-state index in [1.54, 1.807) is 22.6 Å². The number of nitrogens with zero attached hydrogens (tertiary/aromatic N) is 2. The molecule has 0 bridgehead atoms. The van der Waals surface area contributed by atoms with Crippen molar-refractivity contribution < 1.29 is 14.3 Å². The van der Waals surface area contributed by atoms with E-state index in [1.807, 2.05) is 37.3 Å². The molecule has 0 fully saturated rings. The molecule has 1 N–H and O–H groups in total. The summed E-state index contributed by atoms with van der Waals surface area (Å²) < 4.78 is 16.6. The molecular formula is C22H23FN2O3. The summed E-state index contributed by atoms with van der Waals surface area (Å²) in [5.41, 5.74) is 0.942. The minimum absolute atomic E-state index is 0.0883. The highest BCUT2D eigenvalue weighted by atomic mass is 19.1. The summed E-state index contributed by atoms with van der Waals surface area (Å²) >= 11 is 0. The maximum Gasteiger partial charge on any atom is 0.341 e. The van der Waals surface area contributed by atoms with Gasteiger partial charge in [0, 0.05) is 31.7 Å². The molecule has 3 aromatic rings. The summed E-state index contributed by atoms with van der Waals surface area (Å²) in [5, 5.41) is 9.42. The first-order chi connectivity index (χ1) is 13.4. The Morgan fingerprint density at radius 3 is 2.57 bits per heavy atom. The van der Waals surface area contributed by atoms with Crippen molar-refractivity contribution in [1.29, 1.82) is 0 Å². The van der Waals surface area contributed by atoms with Gasteiger partial charge in [-0.25, -0.2) is 9.18 Å². The number of carbonyl (C=O) groups is 1. The first-order valence-electron chi connectivity index (χ1n) is 9.27. The SMILES string of the molecule is CCCCn1cc(C(=O)O)c(=O)c2cc(F)c(N(C)Cc3ccccc3)cc21. The fourth-order valence-corrected chi connectivity index (χ4v) is 3.30. The Morgan fingerprint density at radius 2 is 1.93 bits per heavy atom. The van der Waals surface area contributed by atoms with Gasteiger partial charge in [-0.2, -0.15) is 0 Å². The van der Waals surface area contributed by atoms with Gasteiger partial charge in [0.2, 0.25) is 5.43 Å². The normalized spacial score (nSPS) is 11.0. The van der Waals surface area contributed by atoms with Crippen molar-refractivity contribution in [3.05, 3.63) is 75.8 Å². The number of aromatic carboxylic acids is 1. The van der Waals surface area contributed by atoms with E-state index in [0.29, 0.717) is 24.3 Å². The lowest BCUT2D eigenvalue weighted by Crippen LogP contribution is -2.21. The lowest BCUT2D eigenvalue weighted by Gasteiger charge is -2.22. The fraction of sp³-hybridized carbons (Fsp3) is 0.273. The van der Waals surface area contributed by atoms with Gasteiger partial charge < -0.3 is 14.6 Å². The molecule has 2 aromatic carbocycles. The number of hydrogen-bond donors (Lipinski definition) is 1. The van der Waals surface area contributed by atoms with Gasteiger partial charge in [0.15, 0.2) is 0 Å². The Labute approximate surface area is 162 Å². The highest BCUT2D eigenvalue weighted by Gasteiger charge is 2.18. The minimum atomic E-state index is -1.30. The molecule has 0 atom stereocenters. The van der Waals surface area contributed by atoms with Crippen LogP contribution in [0.15, 0.2) is 53.5 Å². The second kappa shape index (κ2) is 8.25. The van der Waals surface area contributed by atoms with Crippen molar-refractivity contribution >= 4 is 22.6 Å². The van der Waals surface area contributed by atoms with Crippen LogP contribution in [-0.2, 0) is 13.1 Å². The van der Waals surface area contributed by atoms with Gasteiger partial charge >= 0.3 is 5.97 Å². The van der Waals surface area contributed by atoms with Crippen molar-refractivity contribution in [2.45, 2.75) is 32.9 Å². The molecule has 6 heteroatoms. The van der Waals surface area contributed by atoms with Gasteiger partial charge in [-0.15, -0.1) is 0 Å². The van der Waals surface area contributed by atoms with Crippen LogP contribution >= 0.6 is 0 Å². The van der Waals surface area contributed by atoms with Crippen LogP contribution in [0.2, 0.25) is 0 Å². The highest BCUT2D eigenvalue weighted by molar-refractivity contribution is 5.93. The summed E-state index contributed by atoms with van der Waals surface area (Å²) in [4.78, 5) is 25.8. The third kappa shape index (κ3) is 3.91. The van der Waals surface area contributed by atoms with Crippen molar-refractivity contribution in [1.82, 2.24) is 4.57 Å². The number of carboxylic acid groups (broad SMARTS) is 1. The van der Waals surface area contributed by atoms with Gasteiger partial charge in [0.1, 0.15) is 11.4 Å². The average molecular weight is 382 g/mol. The van der Waals surface area contributed by atoms with Gasteiger partial charge in [-0.1, -0.05) is 43.7 Å². The maximum absolute atomic E-state index is 14.8. The molecule has 0 amide bonds. The zero-order valence-electron chi connectivity index (χ0n) is 16.0. The van der Waals surface area contributed by atoms with Crippen molar-refractivity contribution in [3.63, 3.8) is 0 Å². The second-order valence-electron chi connectivity index (χ2n) is 6.89. The number of pyridine rings is 1. The zero-order valence-corrected chi connectivity index (χ0v) is 16.0. The van der Waals surface area contributed by atoms with Crippen LogP contribution < -0.4 is 10.3 Å². The van der Waals surface area contributed by atoms with Gasteiger partial charge in [-0.3, -0.25) is 4.79 Å². The summed E-state index contributed by atoms with van der Waals surface area (Å²) in [6.45, 7) is 3.10. The molecule has 0 saturated heterocycles. The smallest absolute Gasteiger partial charge is 0.341 e. The van der Waals surface area contributed by atoms with E-state index in [0.717, 1.165) is 24.5 Å². The van der Waals surface area contributed by atoms with Gasteiger partial charge in [0.05, 0.1) is 11.2 Å². The molecule has 0 unspecified atom stereocenters. The Morgan fingerprint density at radius 1 is 1.21 bits per heavy atom. The van der Waals surface area contributed by atoms with Crippen LogP contribution in [0.1, 0.15) is 35.7 Å². The Kier molecular flexibility index (Phi) is 5.78. The largest absolute Gasteiger partial charge is 0.477 e. The summed E-state index contributed by atoms with van der Waals surface area (Å²) in [6, 6.07) is 12.5. The second-order valence-corrected chi connectivity index (χ2v) is 6.89. The molecule has 1 heterocycles. The highest BCUT2D eigenvalue weighted by Crippen LogP contribution is 2.26. The maximum atomic E-state index is 14.8. The van der Waals surface area contributed by atoms with Crippen LogP contribution in [0.25, 0.3) is 10.9 Å². The average Bonchev–Trinajstić information content (AvgIpc) is 2.67. The first kappa shape index (κ1) is 19.6. The van der Waals surface area contributed by atoms with Gasteiger partial charge in [0.25, 0.3) is 0 Å². The molecule has 3 rings (SSSR count). The number of halogens is 1. The molecule has 0 aliphatic carbocycles. The molecule has 1 aromatic heterocycles. The van der Waals surface area contributed by atoms with Crippen LogP contribution in [0.4, 0.5) is 10.1 Å². The Bertz CT molecular complexity index is 1060. The Balaban J connectivity index is 2.13. The molecule has 0 spiro atoms. The number of benzene rings is 2. The van der Waals surface area contributed by atoms with Crippen LogP contribution in [0.5, 0.6) is 0 Å². The standard InChI is InChI=1S/C22H23FN2O3/c1-3-4-10-25-14-17(22(27)28)21(26)16-11-18(23)20(12-19(16)25)24(2)13-15-8-6-5-7-9-15/h5-9,11-12,14H,3-4,10,13H2,1-2H3,(H,27,28). The third-order valence-electron chi connectivity index (χ3n) is 4.81. The number of aryl methyl sites for hydroxylation is 1. The van der Waals surface area contributed by atoms with Crippen molar-refractivity contribution in [3.8, 4) is 0 Å². The van der Waals surface area contributed by atoms with Crippen LogP contribution in [0, 0.1) is 5.82 Å². The van der Waals surface area contributed by atoms with Crippen molar-refractivity contribution in [2.75, 3.05) is 11.9 Å². The number of unbranched alkanes of at least 4 members (excludes halogenated alkanes) is 1. The summed E-state index contributed by atoms with van der Waals surface area (Å²) in [5.74, 6) is -1.85. The number of aromatic nitrogens is 1. The molecule has 0 radical (unpaired) electrons. The number of hydrogen-bond acceptors (Lipinski definition) is 3. The van der Waals surface area contributed by atoms with E-state index in [1.165, 1.54) is 6.20 Å². The van der Waals surface area contributed by atoms with Crippen molar-refractivity contribution in [2.24, 2.45) is 0 Å². The number of anilines is 1. The van der Waals surface area contributed by atoms with E-state index in [9.17, 15) is 19.1 Å². The lowest BCUT2D eigenvalue weighted by molar-refractivity contribution is 0.0695. The predicted octanol–water partition coefficient (Wildman–Crippen LogP) is 4.28. The van der Waals surface area contributed by atoms with Crippen LogP contribution in [0.3, 0.4) is 0 Å². The minimum Gasteiger partial charge on any atom is -0.477 e. The number of rotatable bonds is 7.